The Hall–Kier alpha value is -5.50. The molecule has 8 aromatic carbocycles. The van der Waals surface area contributed by atoms with Crippen LogP contribution in [-0.2, 0) is 0 Å². The summed E-state index contributed by atoms with van der Waals surface area (Å²) in [5, 5.41) is 7.75. The first-order valence-corrected chi connectivity index (χ1v) is 16.3. The van der Waals surface area contributed by atoms with Gasteiger partial charge in [-0.05, 0) is 72.6 Å². The molecule has 0 aliphatic rings. The molecule has 1 heterocycles. The van der Waals surface area contributed by atoms with Crippen molar-refractivity contribution in [3.8, 4) is 44.5 Å². The molecule has 0 radical (unpaired) electrons. The Balaban J connectivity index is 1.34. The molecular formula is C44H28S. The van der Waals surface area contributed by atoms with Gasteiger partial charge in [0.25, 0.3) is 0 Å². The highest BCUT2D eigenvalue weighted by Crippen LogP contribution is 2.48. The van der Waals surface area contributed by atoms with Gasteiger partial charge in [-0.15, -0.1) is 11.3 Å². The molecule has 0 saturated carbocycles. The van der Waals surface area contributed by atoms with E-state index in [4.69, 9.17) is 0 Å². The summed E-state index contributed by atoms with van der Waals surface area (Å²) in [7, 11) is 0. The second-order valence-electron chi connectivity index (χ2n) is 11.6. The van der Waals surface area contributed by atoms with Crippen molar-refractivity contribution in [2.45, 2.75) is 0 Å². The van der Waals surface area contributed by atoms with Crippen LogP contribution in [-0.4, -0.2) is 0 Å². The molecule has 9 rings (SSSR count). The van der Waals surface area contributed by atoms with E-state index in [1.54, 1.807) is 0 Å². The molecule has 0 unspecified atom stereocenters. The van der Waals surface area contributed by atoms with E-state index in [1.807, 2.05) is 11.3 Å². The van der Waals surface area contributed by atoms with E-state index >= 15 is 0 Å². The van der Waals surface area contributed by atoms with Gasteiger partial charge in [-0.2, -0.15) is 0 Å². The summed E-state index contributed by atoms with van der Waals surface area (Å²) in [6.45, 7) is 0. The third-order valence-corrected chi connectivity index (χ3v) is 10.3. The van der Waals surface area contributed by atoms with Crippen molar-refractivity contribution in [3.63, 3.8) is 0 Å². The predicted octanol–water partition coefficient (Wildman–Crippen LogP) is 13.0. The van der Waals surface area contributed by atoms with Gasteiger partial charge >= 0.3 is 0 Å². The van der Waals surface area contributed by atoms with Crippen LogP contribution in [0.15, 0.2) is 170 Å². The first kappa shape index (κ1) is 25.9. The molecule has 0 amide bonds. The summed E-state index contributed by atoms with van der Waals surface area (Å²) in [4.78, 5) is 0. The smallest absolute Gasteiger partial charge is 0.0440 e. The second-order valence-corrected chi connectivity index (χ2v) is 12.7. The Morgan fingerprint density at radius 2 is 0.756 bits per heavy atom. The normalized spacial score (nSPS) is 11.6. The van der Waals surface area contributed by atoms with Crippen molar-refractivity contribution in [1.29, 1.82) is 0 Å². The van der Waals surface area contributed by atoms with Gasteiger partial charge in [0.05, 0.1) is 0 Å². The topological polar surface area (TPSA) is 0 Å². The van der Waals surface area contributed by atoms with Crippen molar-refractivity contribution in [2.75, 3.05) is 0 Å². The summed E-state index contributed by atoms with van der Waals surface area (Å²) in [5.74, 6) is 0. The quantitative estimate of drug-likeness (QED) is 0.179. The van der Waals surface area contributed by atoms with Crippen molar-refractivity contribution in [3.05, 3.63) is 170 Å². The summed E-state index contributed by atoms with van der Waals surface area (Å²) >= 11 is 1.90. The van der Waals surface area contributed by atoms with E-state index < -0.39 is 0 Å². The molecule has 0 atom stereocenters. The van der Waals surface area contributed by atoms with Gasteiger partial charge in [-0.25, -0.2) is 0 Å². The van der Waals surface area contributed by atoms with Crippen LogP contribution in [0, 0.1) is 0 Å². The molecule has 0 spiro atoms. The van der Waals surface area contributed by atoms with Crippen molar-refractivity contribution < 1.29 is 0 Å². The monoisotopic (exact) mass is 588 g/mol. The van der Waals surface area contributed by atoms with Crippen LogP contribution in [0.1, 0.15) is 0 Å². The fourth-order valence-electron chi connectivity index (χ4n) is 7.10. The Morgan fingerprint density at radius 1 is 0.289 bits per heavy atom. The van der Waals surface area contributed by atoms with Gasteiger partial charge < -0.3 is 0 Å². The Bertz CT molecular complexity index is 2450. The minimum Gasteiger partial charge on any atom is -0.135 e. The highest BCUT2D eigenvalue weighted by atomic mass is 32.1. The van der Waals surface area contributed by atoms with E-state index in [-0.39, 0.29) is 0 Å². The van der Waals surface area contributed by atoms with Crippen molar-refractivity contribution >= 4 is 53.1 Å². The number of thiophene rings is 1. The Kier molecular flexibility index (Phi) is 6.11. The molecule has 0 aliphatic heterocycles. The van der Waals surface area contributed by atoms with Crippen LogP contribution < -0.4 is 0 Å². The zero-order valence-corrected chi connectivity index (χ0v) is 25.4. The maximum absolute atomic E-state index is 2.43. The van der Waals surface area contributed by atoms with Crippen LogP contribution >= 0.6 is 11.3 Å². The lowest BCUT2D eigenvalue weighted by Gasteiger charge is -2.17. The summed E-state index contributed by atoms with van der Waals surface area (Å²) < 4.78 is 2.65. The fourth-order valence-corrected chi connectivity index (χ4v) is 8.35. The van der Waals surface area contributed by atoms with Gasteiger partial charge in [0, 0.05) is 25.7 Å². The molecule has 210 valence electrons. The molecule has 0 fully saturated rings. The Labute approximate surface area is 266 Å². The average molecular weight is 589 g/mol. The minimum absolute atomic E-state index is 1.24. The number of benzene rings is 8. The number of rotatable bonds is 4. The minimum atomic E-state index is 1.24. The molecule has 1 heteroatoms. The molecule has 0 bridgehead atoms. The highest BCUT2D eigenvalue weighted by molar-refractivity contribution is 7.26. The van der Waals surface area contributed by atoms with E-state index in [2.05, 4.69) is 170 Å². The largest absolute Gasteiger partial charge is 0.135 e. The summed E-state index contributed by atoms with van der Waals surface area (Å²) in [6, 6.07) is 62.0. The van der Waals surface area contributed by atoms with Crippen LogP contribution in [0.3, 0.4) is 0 Å². The van der Waals surface area contributed by atoms with Gasteiger partial charge in [-0.3, -0.25) is 0 Å². The van der Waals surface area contributed by atoms with E-state index in [0.717, 1.165) is 0 Å². The fraction of sp³-hybridized carbons (Fsp3) is 0. The molecule has 0 N–H and O–H groups in total. The molecule has 0 aliphatic carbocycles. The number of fused-ring (bicyclic) bond motifs is 5. The lowest BCUT2D eigenvalue weighted by molar-refractivity contribution is 1.62. The SMILES string of the molecule is c1ccc(-c2ccc3c(sc4ccc(-c5c6ccccc6c(-c6ccccc6)c6ccccc56)cc43)c2-c2ccccc2)cc1. The van der Waals surface area contributed by atoms with E-state index in [1.165, 1.54) is 86.2 Å². The zero-order valence-electron chi connectivity index (χ0n) is 24.6. The number of hydrogen-bond acceptors (Lipinski definition) is 1. The molecule has 0 saturated heterocycles. The first-order valence-electron chi connectivity index (χ1n) is 15.4. The second kappa shape index (κ2) is 10.6. The van der Waals surface area contributed by atoms with Crippen LogP contribution in [0.25, 0.3) is 86.2 Å². The molecule has 9 aromatic rings. The summed E-state index contributed by atoms with van der Waals surface area (Å²) in [6.07, 6.45) is 0. The highest BCUT2D eigenvalue weighted by Gasteiger charge is 2.19. The third kappa shape index (κ3) is 4.20. The zero-order chi connectivity index (χ0) is 29.7. The van der Waals surface area contributed by atoms with Gasteiger partial charge in [0.15, 0.2) is 0 Å². The van der Waals surface area contributed by atoms with Gasteiger partial charge in [0.1, 0.15) is 0 Å². The summed E-state index contributed by atoms with van der Waals surface area (Å²) in [5.41, 5.74) is 10.2. The predicted molar refractivity (Wildman–Crippen MR) is 196 cm³/mol. The number of hydrogen-bond donors (Lipinski definition) is 0. The van der Waals surface area contributed by atoms with Crippen molar-refractivity contribution in [2.24, 2.45) is 0 Å². The Morgan fingerprint density at radius 3 is 1.31 bits per heavy atom. The van der Waals surface area contributed by atoms with E-state index in [9.17, 15) is 0 Å². The lowest BCUT2D eigenvalue weighted by atomic mass is 9.85. The first-order chi connectivity index (χ1) is 22.3. The molecule has 1 aromatic heterocycles. The van der Waals surface area contributed by atoms with Crippen LogP contribution in [0.2, 0.25) is 0 Å². The van der Waals surface area contributed by atoms with Gasteiger partial charge in [0.2, 0.25) is 0 Å². The standard InChI is InChI=1S/C44H28S/c1-4-14-29(15-5-1)33-25-26-38-39-28-32(24-27-40(39)45-44(38)43(33)31-18-8-3-9-19-31)42-36-22-12-10-20-34(36)41(30-16-6-2-7-17-30)35-21-11-13-23-37(35)42/h1-28H. The maximum Gasteiger partial charge on any atom is 0.0440 e. The van der Waals surface area contributed by atoms with E-state index in [0.29, 0.717) is 0 Å². The maximum atomic E-state index is 2.43. The third-order valence-electron chi connectivity index (χ3n) is 9.07. The van der Waals surface area contributed by atoms with Crippen LogP contribution in [0.4, 0.5) is 0 Å². The lowest BCUT2D eigenvalue weighted by Crippen LogP contribution is -1.90. The molecule has 45 heavy (non-hydrogen) atoms. The average Bonchev–Trinajstić information content (AvgIpc) is 3.49. The molecule has 0 nitrogen and oxygen atoms in total. The van der Waals surface area contributed by atoms with Crippen molar-refractivity contribution in [1.82, 2.24) is 0 Å². The van der Waals surface area contributed by atoms with Crippen LogP contribution in [0.5, 0.6) is 0 Å². The molecular weight excluding hydrogens is 561 g/mol. The van der Waals surface area contributed by atoms with Gasteiger partial charge in [-0.1, -0.05) is 158 Å².